The smallest absolute Gasteiger partial charge is 0.324 e. The van der Waals surface area contributed by atoms with Gasteiger partial charge >= 0.3 is 6.03 Å². The highest BCUT2D eigenvalue weighted by molar-refractivity contribution is 7.17. The van der Waals surface area contributed by atoms with Crippen molar-refractivity contribution in [1.82, 2.24) is 0 Å². The third-order valence-electron chi connectivity index (χ3n) is 5.40. The van der Waals surface area contributed by atoms with Gasteiger partial charge in [0.15, 0.2) is 0 Å². The summed E-state index contributed by atoms with van der Waals surface area (Å²) in [4.78, 5) is 25.8. The number of nitrogens with one attached hydrogen (secondary N) is 2. The van der Waals surface area contributed by atoms with Crippen LogP contribution in [0.25, 0.3) is 0 Å². The van der Waals surface area contributed by atoms with Gasteiger partial charge in [0, 0.05) is 23.0 Å². The van der Waals surface area contributed by atoms with Crippen LogP contribution >= 0.6 is 22.9 Å². The maximum Gasteiger partial charge on any atom is 0.324 e. The molecule has 2 aromatic rings. The Morgan fingerprint density at radius 1 is 1.23 bits per heavy atom. The van der Waals surface area contributed by atoms with E-state index in [2.05, 4.69) is 31.4 Å². The molecule has 1 unspecified atom stereocenters. The van der Waals surface area contributed by atoms with Gasteiger partial charge in [0.25, 0.3) is 5.91 Å². The molecule has 1 aromatic carbocycles. The van der Waals surface area contributed by atoms with Crippen LogP contribution in [0.4, 0.5) is 15.5 Å². The minimum Gasteiger partial charge on any atom is -1.00 e. The molecule has 1 aliphatic heterocycles. The lowest BCUT2D eigenvalue weighted by Gasteiger charge is -2.41. The number of quaternary nitrogens is 1. The Morgan fingerprint density at radius 3 is 2.47 bits per heavy atom. The fourth-order valence-corrected chi connectivity index (χ4v) is 5.62. The summed E-state index contributed by atoms with van der Waals surface area (Å²) in [5, 5.41) is 6.70. The fraction of sp³-hybridized carbons (Fsp3) is 0.429. The van der Waals surface area contributed by atoms with E-state index in [4.69, 9.17) is 17.3 Å². The lowest BCUT2D eigenvalue weighted by atomic mass is 9.99. The quantitative estimate of drug-likeness (QED) is 0.561. The maximum atomic E-state index is 12.5. The second kappa shape index (κ2) is 10.0. The summed E-state index contributed by atoms with van der Waals surface area (Å²) < 4.78 is 1.000. The standard InChI is InChI=1S/C21H27ClN4O2S.ClH/c1-4-26(11-13(2)3)10-9-16-17(12-26)29-20(18(16)19(23)27)25-21(28)24-15-7-5-14(22)6-8-15;/h5-8,13H,4,9-12H2,1-3H3,(H3-,23,24,25,27,28);1H. The van der Waals surface area contributed by atoms with Crippen LogP contribution in [-0.2, 0) is 13.0 Å². The zero-order valence-electron chi connectivity index (χ0n) is 17.4. The maximum absolute atomic E-state index is 12.5. The molecule has 1 atom stereocenters. The van der Waals surface area contributed by atoms with Crippen LogP contribution in [0, 0.1) is 5.92 Å². The van der Waals surface area contributed by atoms with E-state index in [0.717, 1.165) is 47.5 Å². The van der Waals surface area contributed by atoms with Crippen molar-refractivity contribution >= 4 is 45.6 Å². The predicted octanol–water partition coefficient (Wildman–Crippen LogP) is 1.70. The molecule has 6 nitrogen and oxygen atoms in total. The molecular formula is C21H28Cl2N4O2S. The molecule has 3 rings (SSSR count). The van der Waals surface area contributed by atoms with Crippen molar-refractivity contribution < 1.29 is 26.5 Å². The van der Waals surface area contributed by atoms with Crippen molar-refractivity contribution in [2.45, 2.75) is 33.7 Å². The van der Waals surface area contributed by atoms with E-state index in [1.54, 1.807) is 24.3 Å². The van der Waals surface area contributed by atoms with Crippen LogP contribution in [0.15, 0.2) is 24.3 Å². The molecule has 0 spiro atoms. The second-order valence-corrected chi connectivity index (χ2v) is 9.57. The second-order valence-electron chi connectivity index (χ2n) is 8.02. The van der Waals surface area contributed by atoms with Gasteiger partial charge < -0.3 is 27.9 Å². The molecule has 4 N–H and O–H groups in total. The number of primary amides is 1. The molecule has 9 heteroatoms. The molecule has 3 amide bonds. The Balaban J connectivity index is 0.00000320. The molecule has 0 saturated carbocycles. The van der Waals surface area contributed by atoms with E-state index in [1.807, 2.05) is 0 Å². The first-order valence-electron chi connectivity index (χ1n) is 9.86. The first kappa shape index (κ1) is 24.5. The summed E-state index contributed by atoms with van der Waals surface area (Å²) in [6, 6.07) is 6.43. The number of benzene rings is 1. The Labute approximate surface area is 192 Å². The summed E-state index contributed by atoms with van der Waals surface area (Å²) in [5.74, 6) is 0.0967. The number of hydrogen-bond donors (Lipinski definition) is 3. The zero-order valence-corrected chi connectivity index (χ0v) is 19.8. The molecule has 0 saturated heterocycles. The zero-order chi connectivity index (χ0) is 21.2. The highest BCUT2D eigenvalue weighted by Gasteiger charge is 2.36. The van der Waals surface area contributed by atoms with Crippen LogP contribution < -0.4 is 28.8 Å². The van der Waals surface area contributed by atoms with Crippen LogP contribution in [0.2, 0.25) is 5.02 Å². The number of urea groups is 1. The molecule has 2 heterocycles. The Kier molecular flexibility index (Phi) is 8.16. The molecule has 1 aromatic heterocycles. The first-order chi connectivity index (χ1) is 13.7. The van der Waals surface area contributed by atoms with Crippen molar-refractivity contribution in [1.29, 1.82) is 0 Å². The van der Waals surface area contributed by atoms with Crippen LogP contribution in [0.3, 0.4) is 0 Å². The number of anilines is 2. The van der Waals surface area contributed by atoms with Crippen LogP contribution in [-0.4, -0.2) is 36.1 Å². The Hall–Kier alpha value is -1.80. The number of hydrogen-bond acceptors (Lipinski definition) is 3. The summed E-state index contributed by atoms with van der Waals surface area (Å²) >= 11 is 7.35. The van der Waals surface area contributed by atoms with Gasteiger partial charge in [0.2, 0.25) is 0 Å². The first-order valence-corrected chi connectivity index (χ1v) is 11.1. The van der Waals surface area contributed by atoms with Gasteiger partial charge in [0.1, 0.15) is 11.5 Å². The summed E-state index contributed by atoms with van der Waals surface area (Å²) in [7, 11) is 0. The topological polar surface area (TPSA) is 84.2 Å². The number of nitrogens with zero attached hydrogens (tertiary/aromatic N) is 1. The number of halogens is 2. The predicted molar refractivity (Wildman–Crippen MR) is 120 cm³/mol. The van der Waals surface area contributed by atoms with E-state index in [0.29, 0.717) is 27.2 Å². The van der Waals surface area contributed by atoms with E-state index in [-0.39, 0.29) is 12.4 Å². The van der Waals surface area contributed by atoms with E-state index in [9.17, 15) is 9.59 Å². The van der Waals surface area contributed by atoms with Crippen molar-refractivity contribution in [2.24, 2.45) is 11.7 Å². The number of carbonyl (C=O) groups is 2. The summed E-state index contributed by atoms with van der Waals surface area (Å²) in [6.07, 6.45) is 0.797. The molecule has 164 valence electrons. The molecule has 0 fully saturated rings. The molecule has 30 heavy (non-hydrogen) atoms. The van der Waals surface area contributed by atoms with Crippen molar-refractivity contribution in [3.05, 3.63) is 45.3 Å². The van der Waals surface area contributed by atoms with Crippen molar-refractivity contribution in [3.63, 3.8) is 0 Å². The average Bonchev–Trinajstić information content (AvgIpc) is 2.99. The van der Waals surface area contributed by atoms with Gasteiger partial charge in [-0.1, -0.05) is 25.4 Å². The van der Waals surface area contributed by atoms with Crippen molar-refractivity contribution in [3.8, 4) is 0 Å². The van der Waals surface area contributed by atoms with Crippen LogP contribution in [0.1, 0.15) is 41.6 Å². The minimum absolute atomic E-state index is 0. The van der Waals surface area contributed by atoms with Gasteiger partial charge in [-0.25, -0.2) is 4.79 Å². The van der Waals surface area contributed by atoms with Gasteiger partial charge in [-0.15, -0.1) is 11.3 Å². The van der Waals surface area contributed by atoms with Gasteiger partial charge in [-0.3, -0.25) is 10.1 Å². The van der Waals surface area contributed by atoms with Gasteiger partial charge in [0.05, 0.1) is 30.1 Å². The van der Waals surface area contributed by atoms with Crippen molar-refractivity contribution in [2.75, 3.05) is 30.3 Å². The SMILES string of the molecule is CC[N+]1(CC(C)C)CCc2c(sc(NC(=O)Nc3ccc(Cl)cc3)c2C(N)=O)C1.[Cl-]. The van der Waals surface area contributed by atoms with Gasteiger partial charge in [-0.2, -0.15) is 0 Å². The van der Waals surface area contributed by atoms with E-state index >= 15 is 0 Å². The highest BCUT2D eigenvalue weighted by atomic mass is 35.5. The third kappa shape index (κ3) is 5.46. The number of rotatable bonds is 6. The minimum atomic E-state index is -0.496. The van der Waals surface area contributed by atoms with E-state index < -0.39 is 11.9 Å². The number of fused-ring (bicyclic) bond motifs is 1. The number of thiophene rings is 1. The molecule has 0 radical (unpaired) electrons. The van der Waals surface area contributed by atoms with Gasteiger partial charge in [-0.05, 0) is 36.8 Å². The number of carbonyl (C=O) groups excluding carboxylic acids is 2. The number of amides is 3. The average molecular weight is 471 g/mol. The number of nitrogens with two attached hydrogens (primary N) is 1. The molecule has 0 aliphatic carbocycles. The van der Waals surface area contributed by atoms with Crippen LogP contribution in [0.5, 0.6) is 0 Å². The molecular weight excluding hydrogens is 443 g/mol. The molecule has 1 aliphatic rings. The lowest BCUT2D eigenvalue weighted by molar-refractivity contribution is -0.943. The number of likely N-dealkylation sites (N-methyl/N-ethyl adjacent to an activating group) is 1. The lowest BCUT2D eigenvalue weighted by Crippen LogP contribution is -3.00. The Morgan fingerprint density at radius 2 is 1.90 bits per heavy atom. The monoisotopic (exact) mass is 470 g/mol. The largest absolute Gasteiger partial charge is 1.00 e. The highest BCUT2D eigenvalue weighted by Crippen LogP contribution is 2.39. The normalized spacial score (nSPS) is 17.8. The fourth-order valence-electron chi connectivity index (χ4n) is 4.11. The Bertz CT molecular complexity index is 914. The van der Waals surface area contributed by atoms with E-state index in [1.165, 1.54) is 11.3 Å². The molecule has 0 bridgehead atoms. The summed E-state index contributed by atoms with van der Waals surface area (Å²) in [5.41, 5.74) is 7.75. The summed E-state index contributed by atoms with van der Waals surface area (Å²) in [6.45, 7) is 10.7. The third-order valence-corrected chi connectivity index (χ3v) is 6.79.